The zero-order valence-corrected chi connectivity index (χ0v) is 19.7. The maximum Gasteiger partial charge on any atom is 0.242 e. The Morgan fingerprint density at radius 1 is 0.964 bits per heavy atom. The van der Waals surface area contributed by atoms with E-state index >= 15 is 0 Å². The largest absolute Gasteiger partial charge is 0.416 e. The molecule has 2 rings (SSSR count). The Labute approximate surface area is 171 Å². The van der Waals surface area contributed by atoms with Gasteiger partial charge in [0.05, 0.1) is 4.90 Å². The van der Waals surface area contributed by atoms with E-state index in [2.05, 4.69) is 33.9 Å². The molecule has 0 saturated heterocycles. The second-order valence-corrected chi connectivity index (χ2v) is 15.6. The van der Waals surface area contributed by atoms with Crippen LogP contribution in [0.3, 0.4) is 0 Å². The summed E-state index contributed by atoms with van der Waals surface area (Å²) in [5, 5.41) is 0.107. The lowest BCUT2D eigenvalue weighted by atomic mass is 10.0. The highest BCUT2D eigenvalue weighted by molar-refractivity contribution is 7.89. The van der Waals surface area contributed by atoms with Gasteiger partial charge in [0.25, 0.3) is 0 Å². The van der Waals surface area contributed by atoms with Crippen LogP contribution in [-0.2, 0) is 14.4 Å². The average molecular weight is 420 g/mol. The number of hydrogen-bond acceptors (Lipinski definition) is 3. The van der Waals surface area contributed by atoms with Crippen molar-refractivity contribution >= 4 is 18.3 Å². The van der Waals surface area contributed by atoms with E-state index in [1.165, 1.54) is 4.31 Å². The molecule has 4 nitrogen and oxygen atoms in total. The lowest BCUT2D eigenvalue weighted by molar-refractivity contribution is 0.248. The van der Waals surface area contributed by atoms with E-state index in [0.717, 1.165) is 5.56 Å². The highest BCUT2D eigenvalue weighted by Crippen LogP contribution is 2.37. The first-order valence-corrected chi connectivity index (χ1v) is 14.0. The van der Waals surface area contributed by atoms with Crippen LogP contribution in [0, 0.1) is 0 Å². The molecule has 2 aromatic rings. The van der Waals surface area contributed by atoms with Gasteiger partial charge in [0.1, 0.15) is 0 Å². The van der Waals surface area contributed by atoms with Gasteiger partial charge in [-0.2, -0.15) is 0 Å². The second kappa shape index (κ2) is 8.90. The van der Waals surface area contributed by atoms with Crippen molar-refractivity contribution in [1.29, 1.82) is 0 Å². The Kier molecular flexibility index (Phi) is 7.25. The van der Waals surface area contributed by atoms with Crippen molar-refractivity contribution in [3.05, 3.63) is 66.2 Å². The maximum atomic E-state index is 13.0. The lowest BCUT2D eigenvalue weighted by Crippen LogP contribution is -2.43. The fraction of sp³-hybridized carbons (Fsp3) is 0.455. The Morgan fingerprint density at radius 2 is 1.46 bits per heavy atom. The van der Waals surface area contributed by atoms with Crippen molar-refractivity contribution in [2.24, 2.45) is 0 Å². The van der Waals surface area contributed by atoms with Crippen molar-refractivity contribution in [2.45, 2.75) is 49.7 Å². The van der Waals surface area contributed by atoms with Gasteiger partial charge in [-0.15, -0.1) is 0 Å². The molecular weight excluding hydrogens is 386 g/mol. The van der Waals surface area contributed by atoms with Crippen molar-refractivity contribution < 1.29 is 12.8 Å². The van der Waals surface area contributed by atoms with E-state index < -0.39 is 18.3 Å². The monoisotopic (exact) mass is 419 g/mol. The molecule has 0 aliphatic heterocycles. The molecule has 0 bridgehead atoms. The Bertz CT molecular complexity index is 846. The van der Waals surface area contributed by atoms with Gasteiger partial charge in [-0.3, -0.25) is 0 Å². The average Bonchev–Trinajstić information content (AvgIpc) is 2.65. The molecule has 0 amide bonds. The summed E-state index contributed by atoms with van der Waals surface area (Å²) in [4.78, 5) is 0.314. The van der Waals surface area contributed by atoms with Gasteiger partial charge in [0.15, 0.2) is 8.32 Å². The third-order valence-electron chi connectivity index (χ3n) is 5.65. The summed E-state index contributed by atoms with van der Waals surface area (Å²) in [5.41, 5.74) is 1.09. The molecule has 0 spiro atoms. The van der Waals surface area contributed by atoms with E-state index in [1.54, 1.807) is 31.3 Å². The third kappa shape index (κ3) is 5.53. The van der Waals surface area contributed by atoms with Crippen molar-refractivity contribution in [2.75, 3.05) is 20.2 Å². The number of benzene rings is 2. The van der Waals surface area contributed by atoms with Crippen LogP contribution < -0.4 is 0 Å². The summed E-state index contributed by atoms with van der Waals surface area (Å²) in [6, 6.07) is 18.6. The number of hydrogen-bond donors (Lipinski definition) is 0. The van der Waals surface area contributed by atoms with Gasteiger partial charge in [-0.1, -0.05) is 69.3 Å². The maximum absolute atomic E-state index is 13.0. The van der Waals surface area contributed by atoms with Gasteiger partial charge in [0, 0.05) is 26.1 Å². The Balaban J connectivity index is 2.23. The lowest BCUT2D eigenvalue weighted by Gasteiger charge is -2.37. The van der Waals surface area contributed by atoms with Crippen molar-refractivity contribution in [1.82, 2.24) is 4.31 Å². The summed E-state index contributed by atoms with van der Waals surface area (Å²) in [6.45, 7) is 12.0. The van der Waals surface area contributed by atoms with E-state index in [0.29, 0.717) is 18.0 Å². The molecule has 0 N–H and O–H groups in total. The van der Waals surface area contributed by atoms with Crippen molar-refractivity contribution in [3.8, 4) is 0 Å². The SMILES string of the molecule is CN(CC(CO[Si](C)(C)C(C)(C)C)c1ccccc1)S(=O)(=O)c1ccccc1. The van der Waals surface area contributed by atoms with Gasteiger partial charge in [-0.05, 0) is 35.8 Å². The van der Waals surface area contributed by atoms with Gasteiger partial charge >= 0.3 is 0 Å². The Hall–Kier alpha value is -1.47. The summed E-state index contributed by atoms with van der Waals surface area (Å²) < 4.78 is 33.8. The molecule has 0 radical (unpaired) electrons. The first-order chi connectivity index (χ1) is 12.9. The standard InChI is InChI=1S/C22H33NO3SSi/c1-22(2,3)28(5,6)26-18-20(19-13-9-7-10-14-19)17-23(4)27(24,25)21-15-11-8-12-16-21/h7-16,20H,17-18H2,1-6H3. The van der Waals surface area contributed by atoms with E-state index in [-0.39, 0.29) is 11.0 Å². The van der Waals surface area contributed by atoms with Crippen LogP contribution in [0.25, 0.3) is 0 Å². The molecule has 0 heterocycles. The highest BCUT2D eigenvalue weighted by Gasteiger charge is 2.38. The van der Waals surface area contributed by atoms with Crippen LogP contribution in [0.5, 0.6) is 0 Å². The number of rotatable bonds is 8. The van der Waals surface area contributed by atoms with E-state index in [9.17, 15) is 8.42 Å². The Morgan fingerprint density at radius 3 is 1.96 bits per heavy atom. The molecule has 0 aliphatic carbocycles. The minimum atomic E-state index is -3.54. The molecule has 28 heavy (non-hydrogen) atoms. The molecule has 154 valence electrons. The van der Waals surface area contributed by atoms with Crippen LogP contribution in [0.1, 0.15) is 32.3 Å². The normalized spacial score (nSPS) is 14.2. The zero-order valence-electron chi connectivity index (χ0n) is 17.8. The predicted octanol–water partition coefficient (Wildman–Crippen LogP) is 5.11. The topological polar surface area (TPSA) is 46.6 Å². The fourth-order valence-electron chi connectivity index (χ4n) is 2.69. The molecule has 6 heteroatoms. The van der Waals surface area contributed by atoms with Crippen LogP contribution in [-0.4, -0.2) is 41.2 Å². The summed E-state index contributed by atoms with van der Waals surface area (Å²) in [5.74, 6) is -0.0289. The molecule has 1 atom stereocenters. The number of likely N-dealkylation sites (N-methyl/N-ethyl adjacent to an activating group) is 1. The molecule has 0 fully saturated rings. The summed E-state index contributed by atoms with van der Waals surface area (Å²) in [6.07, 6.45) is 0. The number of sulfonamides is 1. The van der Waals surface area contributed by atoms with Crippen molar-refractivity contribution in [3.63, 3.8) is 0 Å². The summed E-state index contributed by atoms with van der Waals surface area (Å²) >= 11 is 0. The van der Waals surface area contributed by atoms with Crippen LogP contribution in [0.2, 0.25) is 18.1 Å². The minimum Gasteiger partial charge on any atom is -0.416 e. The van der Waals surface area contributed by atoms with Crippen LogP contribution in [0.15, 0.2) is 65.6 Å². The zero-order chi connectivity index (χ0) is 21.0. The molecule has 2 aromatic carbocycles. The van der Waals surface area contributed by atoms with E-state index in [1.807, 2.05) is 36.4 Å². The molecule has 0 saturated carbocycles. The fourth-order valence-corrected chi connectivity index (χ4v) is 4.97. The molecule has 1 unspecified atom stereocenters. The third-order valence-corrected chi connectivity index (χ3v) is 12.0. The smallest absolute Gasteiger partial charge is 0.242 e. The predicted molar refractivity (Wildman–Crippen MR) is 119 cm³/mol. The molecule has 0 aromatic heterocycles. The first kappa shape index (κ1) is 22.8. The second-order valence-electron chi connectivity index (χ2n) is 8.78. The van der Waals surface area contributed by atoms with Gasteiger partial charge in [-0.25, -0.2) is 12.7 Å². The quantitative estimate of drug-likeness (QED) is 0.558. The molecule has 0 aliphatic rings. The van der Waals surface area contributed by atoms with Gasteiger partial charge in [0.2, 0.25) is 10.0 Å². The molecular formula is C22H33NO3SSi. The highest BCUT2D eigenvalue weighted by atomic mass is 32.2. The summed E-state index contributed by atoms with van der Waals surface area (Å²) in [7, 11) is -3.82. The van der Waals surface area contributed by atoms with Crippen LogP contribution >= 0.6 is 0 Å². The van der Waals surface area contributed by atoms with Crippen LogP contribution in [0.4, 0.5) is 0 Å². The minimum absolute atomic E-state index is 0.0289. The number of nitrogens with zero attached hydrogens (tertiary/aromatic N) is 1. The first-order valence-electron chi connectivity index (χ1n) is 9.65. The van der Waals surface area contributed by atoms with E-state index in [4.69, 9.17) is 4.43 Å². The van der Waals surface area contributed by atoms with Gasteiger partial charge < -0.3 is 4.43 Å².